The fourth-order valence-electron chi connectivity index (χ4n) is 3.20. The summed E-state index contributed by atoms with van der Waals surface area (Å²) in [6, 6.07) is 0. The molecule has 0 nitrogen and oxygen atoms in total. The van der Waals surface area contributed by atoms with E-state index in [1.165, 1.54) is 32.1 Å². The first-order chi connectivity index (χ1) is 7.00. The molecule has 2 aliphatic carbocycles. The van der Waals surface area contributed by atoms with Crippen LogP contribution in [0.4, 0.5) is 0 Å². The van der Waals surface area contributed by atoms with E-state index in [2.05, 4.69) is 33.8 Å². The van der Waals surface area contributed by atoms with Crippen LogP contribution >= 0.6 is 0 Å². The lowest BCUT2D eigenvalue weighted by Crippen LogP contribution is -2.37. The Kier molecular flexibility index (Phi) is 2.79. The highest BCUT2D eigenvalue weighted by atomic mass is 14.5. The molecule has 0 amide bonds. The highest BCUT2D eigenvalue weighted by Crippen LogP contribution is 2.54. The normalized spacial score (nSPS) is 30.7. The molecule has 2 rings (SSSR count). The molecule has 1 atom stereocenters. The zero-order valence-electron chi connectivity index (χ0n) is 10.7. The summed E-state index contributed by atoms with van der Waals surface area (Å²) < 4.78 is 0. The zero-order valence-corrected chi connectivity index (χ0v) is 10.7. The van der Waals surface area contributed by atoms with E-state index in [-0.39, 0.29) is 0 Å². The molecule has 1 saturated carbocycles. The van der Waals surface area contributed by atoms with Gasteiger partial charge >= 0.3 is 0 Å². The van der Waals surface area contributed by atoms with Gasteiger partial charge in [-0.2, -0.15) is 0 Å². The fourth-order valence-corrected chi connectivity index (χ4v) is 3.20. The van der Waals surface area contributed by atoms with Crippen molar-refractivity contribution < 1.29 is 0 Å². The van der Waals surface area contributed by atoms with Crippen LogP contribution in [0.1, 0.15) is 59.8 Å². The highest BCUT2D eigenvalue weighted by Gasteiger charge is 2.42. The third kappa shape index (κ3) is 2.04. The van der Waals surface area contributed by atoms with Crippen LogP contribution in [0, 0.1) is 11.3 Å². The van der Waals surface area contributed by atoms with Gasteiger partial charge in [-0.25, -0.2) is 0 Å². The van der Waals surface area contributed by atoms with E-state index >= 15 is 0 Å². The molecule has 0 bridgehead atoms. The first-order valence-electron chi connectivity index (χ1n) is 6.35. The molecule has 0 radical (unpaired) electrons. The molecule has 0 heterocycles. The van der Waals surface area contributed by atoms with Crippen molar-refractivity contribution in [3.05, 3.63) is 22.8 Å². The van der Waals surface area contributed by atoms with E-state index in [4.69, 9.17) is 0 Å². The number of hydrogen-bond donors (Lipinski definition) is 0. The van der Waals surface area contributed by atoms with Gasteiger partial charge in [0.15, 0.2) is 0 Å². The molecule has 0 aliphatic heterocycles. The minimum Gasteiger partial charge on any atom is -0.0850 e. The molecule has 0 saturated heterocycles. The topological polar surface area (TPSA) is 0 Å². The number of allylic oxidation sites excluding steroid dienone is 4. The van der Waals surface area contributed by atoms with Gasteiger partial charge < -0.3 is 0 Å². The summed E-state index contributed by atoms with van der Waals surface area (Å²) in [4.78, 5) is 0. The fraction of sp³-hybridized carbons (Fsp3) is 0.733. The van der Waals surface area contributed by atoms with Crippen LogP contribution in [0.3, 0.4) is 0 Å². The molecule has 0 aromatic carbocycles. The second-order valence-corrected chi connectivity index (χ2v) is 6.16. The maximum Gasteiger partial charge on any atom is -0.0111 e. The zero-order chi connectivity index (χ0) is 11.1. The minimum atomic E-state index is 0.553. The van der Waals surface area contributed by atoms with E-state index in [0.717, 1.165) is 5.92 Å². The molecule has 2 aliphatic rings. The number of rotatable bonds is 0. The molecule has 0 heteroatoms. The summed E-state index contributed by atoms with van der Waals surface area (Å²) in [5, 5.41) is 0. The molecule has 0 aromatic heterocycles. The van der Waals surface area contributed by atoms with Gasteiger partial charge in [-0.05, 0) is 57.3 Å². The highest BCUT2D eigenvalue weighted by molar-refractivity contribution is 5.29. The monoisotopic (exact) mass is 204 g/mol. The van der Waals surface area contributed by atoms with Gasteiger partial charge in [-0.1, -0.05) is 36.6 Å². The molecular weight excluding hydrogens is 180 g/mol. The minimum absolute atomic E-state index is 0.553. The average Bonchev–Trinajstić information content (AvgIpc) is 2.18. The summed E-state index contributed by atoms with van der Waals surface area (Å²) in [6.07, 6.45) is 9.10. The van der Waals surface area contributed by atoms with Gasteiger partial charge in [0.2, 0.25) is 0 Å². The van der Waals surface area contributed by atoms with Gasteiger partial charge in [-0.15, -0.1) is 0 Å². The summed E-state index contributed by atoms with van der Waals surface area (Å²) in [6.45, 7) is 9.51. The molecule has 1 unspecified atom stereocenters. The van der Waals surface area contributed by atoms with Crippen LogP contribution in [0.2, 0.25) is 0 Å². The predicted molar refractivity (Wildman–Crippen MR) is 66.8 cm³/mol. The molecule has 84 valence electrons. The van der Waals surface area contributed by atoms with Gasteiger partial charge in [0, 0.05) is 0 Å². The van der Waals surface area contributed by atoms with Crippen molar-refractivity contribution in [1.82, 2.24) is 0 Å². The van der Waals surface area contributed by atoms with Crippen molar-refractivity contribution in [2.75, 3.05) is 0 Å². The molecule has 0 spiro atoms. The van der Waals surface area contributed by atoms with Crippen LogP contribution in [-0.4, -0.2) is 0 Å². The quantitative estimate of drug-likeness (QED) is 0.494. The second-order valence-electron chi connectivity index (χ2n) is 6.16. The Hall–Kier alpha value is -0.520. The van der Waals surface area contributed by atoms with Crippen LogP contribution in [-0.2, 0) is 0 Å². The summed E-state index contributed by atoms with van der Waals surface area (Å²) in [7, 11) is 0. The molecular formula is C15H24. The maximum atomic E-state index is 2.49. The average molecular weight is 204 g/mol. The van der Waals surface area contributed by atoms with Gasteiger partial charge in [0.1, 0.15) is 0 Å². The smallest absolute Gasteiger partial charge is 0.0111 e. The Labute approximate surface area is 94.5 Å². The standard InChI is InChI=1S/C15H24/c1-11-6-5-7-12(2)13-10-15(3,4)14(13)9-8-11/h8,14H,5-7,9-10H2,1-4H3. The van der Waals surface area contributed by atoms with Crippen molar-refractivity contribution in [2.24, 2.45) is 11.3 Å². The number of hydrogen-bond acceptors (Lipinski definition) is 0. The lowest BCUT2D eigenvalue weighted by atomic mass is 9.57. The largest absolute Gasteiger partial charge is 0.0850 e. The van der Waals surface area contributed by atoms with Crippen molar-refractivity contribution >= 4 is 0 Å². The van der Waals surface area contributed by atoms with Crippen LogP contribution < -0.4 is 0 Å². The van der Waals surface area contributed by atoms with Crippen LogP contribution in [0.5, 0.6) is 0 Å². The van der Waals surface area contributed by atoms with E-state index in [0.29, 0.717) is 5.41 Å². The van der Waals surface area contributed by atoms with Crippen molar-refractivity contribution in [1.29, 1.82) is 0 Å². The lowest BCUT2D eigenvalue weighted by molar-refractivity contribution is 0.154. The van der Waals surface area contributed by atoms with E-state index in [1.54, 1.807) is 16.7 Å². The second kappa shape index (κ2) is 3.81. The number of fused-ring (bicyclic) bond motifs is 1. The van der Waals surface area contributed by atoms with Crippen molar-refractivity contribution in [2.45, 2.75) is 59.8 Å². The van der Waals surface area contributed by atoms with E-state index in [1.807, 2.05) is 0 Å². The first-order valence-corrected chi connectivity index (χ1v) is 6.35. The van der Waals surface area contributed by atoms with E-state index in [9.17, 15) is 0 Å². The maximum absolute atomic E-state index is 2.49. The van der Waals surface area contributed by atoms with Crippen molar-refractivity contribution in [3.8, 4) is 0 Å². The predicted octanol–water partition coefficient (Wildman–Crippen LogP) is 4.87. The lowest BCUT2D eigenvalue weighted by Gasteiger charge is -2.48. The van der Waals surface area contributed by atoms with Gasteiger partial charge in [0.25, 0.3) is 0 Å². The molecule has 0 N–H and O–H groups in total. The summed E-state index contributed by atoms with van der Waals surface area (Å²) in [5.41, 5.74) is 5.64. The Morgan fingerprint density at radius 3 is 2.60 bits per heavy atom. The van der Waals surface area contributed by atoms with Crippen molar-refractivity contribution in [3.63, 3.8) is 0 Å². The van der Waals surface area contributed by atoms with Gasteiger partial charge in [-0.3, -0.25) is 0 Å². The van der Waals surface area contributed by atoms with Gasteiger partial charge in [0.05, 0.1) is 0 Å². The molecule has 0 aromatic rings. The van der Waals surface area contributed by atoms with E-state index < -0.39 is 0 Å². The third-order valence-electron chi connectivity index (χ3n) is 4.38. The SMILES string of the molecule is CC1=CCC2C(=C(C)CCC1)CC2(C)C. The molecule has 1 fully saturated rings. The Balaban J connectivity index is 2.23. The Morgan fingerprint density at radius 2 is 1.93 bits per heavy atom. The third-order valence-corrected chi connectivity index (χ3v) is 4.38. The first kappa shape index (κ1) is 11.0. The molecule has 15 heavy (non-hydrogen) atoms. The van der Waals surface area contributed by atoms with Crippen LogP contribution in [0.15, 0.2) is 22.8 Å². The Bertz CT molecular complexity index is 315. The Morgan fingerprint density at radius 1 is 1.20 bits per heavy atom. The van der Waals surface area contributed by atoms with Crippen LogP contribution in [0.25, 0.3) is 0 Å². The summed E-state index contributed by atoms with van der Waals surface area (Å²) >= 11 is 0. The summed E-state index contributed by atoms with van der Waals surface area (Å²) in [5.74, 6) is 0.838.